The SMILES string of the molecule is Cl.NC(=O)c1c(CC(=O)Cc2ccc(Cl)cc2)sc2c1CCN(CCCC(=O)O)C2. The van der Waals surface area contributed by atoms with Crippen molar-refractivity contribution in [1.82, 2.24) is 4.90 Å². The molecule has 0 spiro atoms. The van der Waals surface area contributed by atoms with Gasteiger partial charge < -0.3 is 10.8 Å². The van der Waals surface area contributed by atoms with Gasteiger partial charge in [0, 0.05) is 47.1 Å². The Bertz CT molecular complexity index is 928. The number of rotatable bonds is 9. The van der Waals surface area contributed by atoms with Crippen molar-refractivity contribution in [3.05, 3.63) is 55.7 Å². The summed E-state index contributed by atoms with van der Waals surface area (Å²) in [5.74, 6) is -1.26. The number of carboxylic acids is 1. The molecule has 0 radical (unpaired) electrons. The predicted octanol–water partition coefficient (Wildman–Crippen LogP) is 3.50. The number of amides is 1. The normalized spacial score (nSPS) is 13.4. The Morgan fingerprint density at radius 1 is 1.17 bits per heavy atom. The molecule has 162 valence electrons. The molecule has 1 aromatic heterocycles. The van der Waals surface area contributed by atoms with Gasteiger partial charge in [-0.3, -0.25) is 19.3 Å². The quantitative estimate of drug-likeness (QED) is 0.583. The van der Waals surface area contributed by atoms with E-state index in [9.17, 15) is 14.4 Å². The molecular formula is C21H24Cl2N2O4S. The van der Waals surface area contributed by atoms with Crippen LogP contribution in [0.25, 0.3) is 0 Å². The van der Waals surface area contributed by atoms with E-state index < -0.39 is 11.9 Å². The van der Waals surface area contributed by atoms with Gasteiger partial charge in [-0.15, -0.1) is 23.7 Å². The van der Waals surface area contributed by atoms with Gasteiger partial charge in [0.2, 0.25) is 5.91 Å². The molecule has 6 nitrogen and oxygen atoms in total. The number of thiophene rings is 1. The Kier molecular flexibility index (Phi) is 8.85. The van der Waals surface area contributed by atoms with Crippen molar-refractivity contribution in [2.45, 2.75) is 38.6 Å². The summed E-state index contributed by atoms with van der Waals surface area (Å²) in [5, 5.41) is 9.42. The Morgan fingerprint density at radius 3 is 2.50 bits per heavy atom. The molecule has 1 amide bonds. The predicted molar refractivity (Wildman–Crippen MR) is 120 cm³/mol. The highest BCUT2D eigenvalue weighted by Gasteiger charge is 2.27. The molecule has 1 aliphatic rings. The van der Waals surface area contributed by atoms with Crippen molar-refractivity contribution in [2.24, 2.45) is 5.73 Å². The smallest absolute Gasteiger partial charge is 0.303 e. The molecule has 0 fully saturated rings. The molecular weight excluding hydrogens is 447 g/mol. The number of halogens is 2. The van der Waals surface area contributed by atoms with Gasteiger partial charge in [0.1, 0.15) is 5.78 Å². The van der Waals surface area contributed by atoms with E-state index in [1.165, 1.54) is 11.3 Å². The van der Waals surface area contributed by atoms with Crippen LogP contribution in [-0.2, 0) is 35.4 Å². The number of hydrogen-bond donors (Lipinski definition) is 2. The van der Waals surface area contributed by atoms with Gasteiger partial charge in [-0.05, 0) is 42.6 Å². The molecule has 0 bridgehead atoms. The van der Waals surface area contributed by atoms with Crippen molar-refractivity contribution < 1.29 is 19.5 Å². The van der Waals surface area contributed by atoms with Crippen molar-refractivity contribution >= 4 is 53.0 Å². The van der Waals surface area contributed by atoms with E-state index in [0.717, 1.165) is 27.4 Å². The van der Waals surface area contributed by atoms with E-state index in [1.807, 2.05) is 12.1 Å². The molecule has 0 saturated heterocycles. The zero-order chi connectivity index (χ0) is 21.0. The number of hydrogen-bond acceptors (Lipinski definition) is 5. The lowest BCUT2D eigenvalue weighted by Gasteiger charge is -2.26. The lowest BCUT2D eigenvalue weighted by Crippen LogP contribution is -2.31. The number of carbonyl (C=O) groups is 3. The second-order valence-corrected chi connectivity index (χ2v) is 8.83. The Balaban J connectivity index is 0.00000320. The minimum absolute atomic E-state index is 0. The van der Waals surface area contributed by atoms with Gasteiger partial charge in [-0.2, -0.15) is 0 Å². The van der Waals surface area contributed by atoms with Crippen LogP contribution in [0.2, 0.25) is 5.02 Å². The summed E-state index contributed by atoms with van der Waals surface area (Å²) >= 11 is 7.36. The fraction of sp³-hybridized carbons (Fsp3) is 0.381. The van der Waals surface area contributed by atoms with Crippen molar-refractivity contribution in [3.63, 3.8) is 0 Å². The lowest BCUT2D eigenvalue weighted by atomic mass is 9.98. The van der Waals surface area contributed by atoms with Crippen LogP contribution in [0.3, 0.4) is 0 Å². The van der Waals surface area contributed by atoms with Gasteiger partial charge >= 0.3 is 5.97 Å². The van der Waals surface area contributed by atoms with Crippen LogP contribution in [0.5, 0.6) is 0 Å². The van der Waals surface area contributed by atoms with E-state index in [2.05, 4.69) is 4.90 Å². The summed E-state index contributed by atoms with van der Waals surface area (Å²) in [6.07, 6.45) is 1.87. The maximum absolute atomic E-state index is 12.6. The standard InChI is InChI=1S/C21H23ClN2O4S.ClH/c22-14-5-3-13(4-6-14)10-15(25)11-17-20(21(23)28)16-7-9-24(12-18(16)29-17)8-1-2-19(26)27;/h3-6H,1-2,7-12H2,(H2,23,28)(H,26,27);1H. The van der Waals surface area contributed by atoms with Gasteiger partial charge in [0.15, 0.2) is 0 Å². The molecule has 0 saturated carbocycles. The van der Waals surface area contributed by atoms with Gasteiger partial charge in [-0.1, -0.05) is 23.7 Å². The average molecular weight is 471 g/mol. The lowest BCUT2D eigenvalue weighted by molar-refractivity contribution is -0.137. The minimum Gasteiger partial charge on any atom is -0.481 e. The summed E-state index contributed by atoms with van der Waals surface area (Å²) in [6.45, 7) is 2.10. The van der Waals surface area contributed by atoms with Gasteiger partial charge in [-0.25, -0.2) is 0 Å². The number of ketones is 1. The van der Waals surface area contributed by atoms with Crippen LogP contribution >= 0.6 is 35.3 Å². The van der Waals surface area contributed by atoms with Crippen LogP contribution in [-0.4, -0.2) is 40.8 Å². The van der Waals surface area contributed by atoms with Gasteiger partial charge in [0.05, 0.1) is 5.56 Å². The Morgan fingerprint density at radius 2 is 1.87 bits per heavy atom. The first-order valence-electron chi connectivity index (χ1n) is 9.47. The summed E-state index contributed by atoms with van der Waals surface area (Å²) in [5.41, 5.74) is 7.97. The zero-order valence-electron chi connectivity index (χ0n) is 16.4. The molecule has 0 unspecified atom stereocenters. The first-order valence-corrected chi connectivity index (χ1v) is 10.7. The first kappa shape index (κ1) is 24.3. The Labute approximate surface area is 190 Å². The molecule has 2 heterocycles. The van der Waals surface area contributed by atoms with E-state index in [0.29, 0.717) is 36.5 Å². The highest BCUT2D eigenvalue weighted by atomic mass is 35.5. The van der Waals surface area contributed by atoms with Crippen LogP contribution < -0.4 is 5.73 Å². The number of nitrogens with zero attached hydrogens (tertiary/aromatic N) is 1. The van der Waals surface area contributed by atoms with Crippen LogP contribution in [0, 0.1) is 0 Å². The third-order valence-electron chi connectivity index (χ3n) is 4.99. The molecule has 3 N–H and O–H groups in total. The van der Waals surface area contributed by atoms with Gasteiger partial charge in [0.25, 0.3) is 0 Å². The zero-order valence-corrected chi connectivity index (χ0v) is 18.7. The Hall–Kier alpha value is -1.93. The summed E-state index contributed by atoms with van der Waals surface area (Å²) in [6, 6.07) is 7.15. The van der Waals surface area contributed by atoms with Crippen molar-refractivity contribution in [1.29, 1.82) is 0 Å². The molecule has 1 aromatic carbocycles. The summed E-state index contributed by atoms with van der Waals surface area (Å²) in [4.78, 5) is 39.3. The minimum atomic E-state index is -0.795. The fourth-order valence-corrected chi connectivity index (χ4v) is 5.20. The number of benzene rings is 1. The maximum Gasteiger partial charge on any atom is 0.303 e. The third kappa shape index (κ3) is 6.28. The first-order chi connectivity index (χ1) is 13.8. The average Bonchev–Trinajstić information content (AvgIpc) is 3.00. The topological polar surface area (TPSA) is 101 Å². The van der Waals surface area contributed by atoms with Crippen LogP contribution in [0.1, 0.15) is 44.1 Å². The second-order valence-electron chi connectivity index (χ2n) is 7.21. The molecule has 2 aromatic rings. The van der Waals surface area contributed by atoms with Crippen LogP contribution in [0.4, 0.5) is 0 Å². The van der Waals surface area contributed by atoms with E-state index in [4.69, 9.17) is 22.4 Å². The number of nitrogens with two attached hydrogens (primary N) is 1. The van der Waals surface area contributed by atoms with E-state index in [-0.39, 0.29) is 37.5 Å². The molecule has 0 aliphatic carbocycles. The molecule has 1 aliphatic heterocycles. The van der Waals surface area contributed by atoms with E-state index >= 15 is 0 Å². The molecule has 3 rings (SSSR count). The number of fused-ring (bicyclic) bond motifs is 1. The number of Topliss-reactive ketones (excluding diaryl/α,β-unsaturated/α-hetero) is 1. The van der Waals surface area contributed by atoms with Crippen molar-refractivity contribution in [3.8, 4) is 0 Å². The summed E-state index contributed by atoms with van der Waals surface area (Å²) in [7, 11) is 0. The molecule has 9 heteroatoms. The molecule has 0 atom stereocenters. The fourth-order valence-electron chi connectivity index (χ4n) is 3.64. The van der Waals surface area contributed by atoms with Crippen molar-refractivity contribution in [2.75, 3.05) is 13.1 Å². The number of carboxylic acid groups (broad SMARTS) is 1. The number of carbonyl (C=O) groups excluding carboxylic acids is 2. The largest absolute Gasteiger partial charge is 0.481 e. The third-order valence-corrected chi connectivity index (χ3v) is 6.46. The summed E-state index contributed by atoms with van der Waals surface area (Å²) < 4.78 is 0. The van der Waals surface area contributed by atoms with Crippen LogP contribution in [0.15, 0.2) is 24.3 Å². The highest BCUT2D eigenvalue weighted by Crippen LogP contribution is 2.34. The van der Waals surface area contributed by atoms with E-state index in [1.54, 1.807) is 12.1 Å². The number of primary amides is 1. The highest BCUT2D eigenvalue weighted by molar-refractivity contribution is 7.12. The number of aliphatic carboxylic acids is 1. The second kappa shape index (κ2) is 10.9. The maximum atomic E-state index is 12.6. The molecule has 30 heavy (non-hydrogen) atoms. The monoisotopic (exact) mass is 470 g/mol.